The van der Waals surface area contributed by atoms with Crippen molar-refractivity contribution in [3.63, 3.8) is 0 Å². The Balaban J connectivity index is 1.92. The number of nitrogen functional groups attached to an aromatic ring is 1. The van der Waals surface area contributed by atoms with Crippen molar-refractivity contribution >= 4 is 17.4 Å². The van der Waals surface area contributed by atoms with Crippen LogP contribution in [0.5, 0.6) is 0 Å². The van der Waals surface area contributed by atoms with Crippen molar-refractivity contribution < 1.29 is 0 Å². The number of nitrogens with two attached hydrogens (primary N) is 1. The van der Waals surface area contributed by atoms with E-state index in [0.29, 0.717) is 18.3 Å². The number of rotatable bonds is 4. The first-order valence-corrected chi connectivity index (χ1v) is 7.06. The molecule has 1 aliphatic heterocycles. The average Bonchev–Trinajstić information content (AvgIpc) is 2.83. The number of nitrogens with zero attached hydrogens (tertiary/aromatic N) is 2. The number of thioether (sulfide) groups is 1. The van der Waals surface area contributed by atoms with Crippen molar-refractivity contribution in [1.29, 1.82) is 0 Å². The van der Waals surface area contributed by atoms with Crippen molar-refractivity contribution in [3.8, 4) is 0 Å². The molecule has 1 aliphatic rings. The minimum absolute atomic E-state index is 0.0217. The number of anilines is 1. The molecule has 0 radical (unpaired) electrons. The van der Waals surface area contributed by atoms with Gasteiger partial charge in [-0.3, -0.25) is 4.79 Å². The summed E-state index contributed by atoms with van der Waals surface area (Å²) in [5, 5.41) is 0. The van der Waals surface area contributed by atoms with Gasteiger partial charge >= 0.3 is 0 Å². The van der Waals surface area contributed by atoms with Gasteiger partial charge in [-0.25, -0.2) is 0 Å². The summed E-state index contributed by atoms with van der Waals surface area (Å²) < 4.78 is 1.69. The van der Waals surface area contributed by atoms with E-state index in [9.17, 15) is 4.79 Å². The van der Waals surface area contributed by atoms with Crippen LogP contribution in [0, 0.1) is 0 Å². The van der Waals surface area contributed by atoms with Gasteiger partial charge in [0.05, 0.1) is 0 Å². The molecule has 1 saturated heterocycles. The summed E-state index contributed by atoms with van der Waals surface area (Å²) in [6.45, 7) is 1.61. The van der Waals surface area contributed by atoms with Gasteiger partial charge in [-0.15, -0.1) is 0 Å². The number of aromatic nitrogens is 1. The Morgan fingerprint density at radius 2 is 2.41 bits per heavy atom. The molecule has 0 bridgehead atoms. The van der Waals surface area contributed by atoms with E-state index in [0.717, 1.165) is 6.54 Å². The van der Waals surface area contributed by atoms with Gasteiger partial charge in [-0.1, -0.05) is 0 Å². The van der Waals surface area contributed by atoms with Gasteiger partial charge in [0.15, 0.2) is 0 Å². The molecule has 0 spiro atoms. The Bertz CT molecular complexity index is 426. The Hall–Kier alpha value is -0.940. The monoisotopic (exact) mass is 253 g/mol. The zero-order valence-electron chi connectivity index (χ0n) is 10.1. The second-order valence-electron chi connectivity index (χ2n) is 4.49. The molecule has 0 aliphatic carbocycles. The molecule has 4 nitrogen and oxygen atoms in total. The topological polar surface area (TPSA) is 51.3 Å². The van der Waals surface area contributed by atoms with Crippen molar-refractivity contribution in [2.75, 3.05) is 30.8 Å². The number of pyridine rings is 1. The zero-order chi connectivity index (χ0) is 12.3. The first-order valence-electron chi connectivity index (χ1n) is 5.91. The molecule has 2 rings (SSSR count). The highest BCUT2D eigenvalue weighted by Gasteiger charge is 2.19. The average molecular weight is 253 g/mol. The first kappa shape index (κ1) is 12.5. The molecule has 0 aromatic carbocycles. The van der Waals surface area contributed by atoms with E-state index < -0.39 is 0 Å². The highest BCUT2D eigenvalue weighted by Crippen LogP contribution is 2.21. The highest BCUT2D eigenvalue weighted by atomic mass is 32.2. The van der Waals surface area contributed by atoms with Gasteiger partial charge in [-0.2, -0.15) is 11.8 Å². The van der Waals surface area contributed by atoms with Crippen LogP contribution in [0.4, 0.5) is 5.69 Å². The van der Waals surface area contributed by atoms with Gasteiger partial charge in [0.2, 0.25) is 0 Å². The fourth-order valence-electron chi connectivity index (χ4n) is 2.04. The SMILES string of the molecule is CN(CCn1cc(N)ccc1=O)C1CCSC1. The maximum absolute atomic E-state index is 11.6. The van der Waals surface area contributed by atoms with Crippen molar-refractivity contribution in [3.05, 3.63) is 28.7 Å². The lowest BCUT2D eigenvalue weighted by Crippen LogP contribution is -2.35. The maximum Gasteiger partial charge on any atom is 0.250 e. The summed E-state index contributed by atoms with van der Waals surface area (Å²) in [7, 11) is 2.13. The van der Waals surface area contributed by atoms with Crippen LogP contribution in [-0.4, -0.2) is 40.6 Å². The molecular formula is C12H19N3OS. The standard InChI is InChI=1S/C12H19N3OS/c1-14(11-4-7-17-9-11)5-6-15-8-10(13)2-3-12(15)16/h2-3,8,11H,4-7,9,13H2,1H3. The Morgan fingerprint density at radius 1 is 1.59 bits per heavy atom. The molecule has 1 aromatic heterocycles. The minimum atomic E-state index is 0.0217. The van der Waals surface area contributed by atoms with Gasteiger partial charge in [0, 0.05) is 42.8 Å². The molecule has 1 fully saturated rings. The quantitative estimate of drug-likeness (QED) is 0.865. The van der Waals surface area contributed by atoms with E-state index >= 15 is 0 Å². The van der Waals surface area contributed by atoms with Gasteiger partial charge in [0.25, 0.3) is 5.56 Å². The van der Waals surface area contributed by atoms with E-state index in [4.69, 9.17) is 5.73 Å². The highest BCUT2D eigenvalue weighted by molar-refractivity contribution is 7.99. The fraction of sp³-hybridized carbons (Fsp3) is 0.583. The Kier molecular flexibility index (Phi) is 4.12. The molecule has 1 unspecified atom stereocenters. The lowest BCUT2D eigenvalue weighted by molar-refractivity contribution is 0.251. The van der Waals surface area contributed by atoms with Crippen LogP contribution in [0.25, 0.3) is 0 Å². The fourth-order valence-corrected chi connectivity index (χ4v) is 3.34. The lowest BCUT2D eigenvalue weighted by atomic mass is 10.2. The van der Waals surface area contributed by atoms with Crippen LogP contribution in [0.15, 0.2) is 23.1 Å². The Labute approximate surface area is 106 Å². The minimum Gasteiger partial charge on any atom is -0.398 e. The summed E-state index contributed by atoms with van der Waals surface area (Å²) >= 11 is 2.01. The molecule has 1 atom stereocenters. The molecule has 1 aromatic rings. The smallest absolute Gasteiger partial charge is 0.250 e. The third-order valence-corrected chi connectivity index (χ3v) is 4.37. The third-order valence-electron chi connectivity index (χ3n) is 3.23. The second-order valence-corrected chi connectivity index (χ2v) is 5.64. The van der Waals surface area contributed by atoms with Crippen LogP contribution < -0.4 is 11.3 Å². The third kappa shape index (κ3) is 3.26. The van der Waals surface area contributed by atoms with Crippen LogP contribution in [-0.2, 0) is 6.54 Å². The lowest BCUT2D eigenvalue weighted by Gasteiger charge is -2.23. The normalized spacial score (nSPS) is 20.0. The predicted molar refractivity (Wildman–Crippen MR) is 73.5 cm³/mol. The van der Waals surface area contributed by atoms with E-state index in [1.165, 1.54) is 24.0 Å². The van der Waals surface area contributed by atoms with Gasteiger partial charge in [-0.05, 0) is 25.3 Å². The zero-order valence-corrected chi connectivity index (χ0v) is 10.9. The summed E-state index contributed by atoms with van der Waals surface area (Å²) in [6, 6.07) is 3.84. The molecule has 0 saturated carbocycles. The Morgan fingerprint density at radius 3 is 3.12 bits per heavy atom. The maximum atomic E-state index is 11.6. The van der Waals surface area contributed by atoms with Crippen molar-refractivity contribution in [1.82, 2.24) is 9.47 Å². The molecule has 0 amide bonds. The summed E-state index contributed by atoms with van der Waals surface area (Å²) in [5.41, 5.74) is 6.34. The van der Waals surface area contributed by atoms with Crippen molar-refractivity contribution in [2.24, 2.45) is 0 Å². The van der Waals surface area contributed by atoms with E-state index in [2.05, 4.69) is 11.9 Å². The summed E-state index contributed by atoms with van der Waals surface area (Å²) in [6.07, 6.45) is 2.98. The van der Waals surface area contributed by atoms with Gasteiger partial charge in [0.1, 0.15) is 0 Å². The second kappa shape index (κ2) is 5.60. The first-order chi connectivity index (χ1) is 8.16. The predicted octanol–water partition coefficient (Wildman–Crippen LogP) is 0.868. The number of likely N-dealkylation sites (N-methyl/N-ethyl adjacent to an activating group) is 1. The van der Waals surface area contributed by atoms with Crippen molar-refractivity contribution in [2.45, 2.75) is 19.0 Å². The van der Waals surface area contributed by atoms with Crippen LogP contribution in [0.3, 0.4) is 0 Å². The van der Waals surface area contributed by atoms with E-state index in [1.807, 2.05) is 11.8 Å². The summed E-state index contributed by atoms with van der Waals surface area (Å²) in [4.78, 5) is 13.9. The van der Waals surface area contributed by atoms with Crippen LogP contribution in [0.2, 0.25) is 0 Å². The number of hydrogen-bond donors (Lipinski definition) is 1. The number of hydrogen-bond acceptors (Lipinski definition) is 4. The largest absolute Gasteiger partial charge is 0.398 e. The molecule has 5 heteroatoms. The van der Waals surface area contributed by atoms with Gasteiger partial charge < -0.3 is 15.2 Å². The van der Waals surface area contributed by atoms with E-state index in [-0.39, 0.29) is 5.56 Å². The van der Waals surface area contributed by atoms with E-state index in [1.54, 1.807) is 16.8 Å². The summed E-state index contributed by atoms with van der Waals surface area (Å²) in [5.74, 6) is 2.47. The molecular weight excluding hydrogens is 234 g/mol. The molecule has 2 N–H and O–H groups in total. The molecule has 2 heterocycles. The van der Waals surface area contributed by atoms with Crippen LogP contribution in [0.1, 0.15) is 6.42 Å². The molecule has 17 heavy (non-hydrogen) atoms. The molecule has 94 valence electrons. The van der Waals surface area contributed by atoms with Crippen LogP contribution >= 0.6 is 11.8 Å².